The Morgan fingerprint density at radius 2 is 1.78 bits per heavy atom. The number of likely N-dealkylation sites (tertiary alicyclic amines) is 1. The molecule has 6 heterocycles. The van der Waals surface area contributed by atoms with Crippen LogP contribution in [0.2, 0.25) is 5.02 Å². The van der Waals surface area contributed by atoms with Crippen LogP contribution in [0.15, 0.2) is 53.5 Å². The number of halogens is 1. The van der Waals surface area contributed by atoms with E-state index in [0.717, 1.165) is 74.9 Å². The van der Waals surface area contributed by atoms with Crippen LogP contribution in [0.4, 0.5) is 17.5 Å². The van der Waals surface area contributed by atoms with Crippen molar-refractivity contribution in [2.75, 3.05) is 56.6 Å². The molecule has 0 aliphatic carbocycles. The third-order valence-electron chi connectivity index (χ3n) is 12.3. The summed E-state index contributed by atoms with van der Waals surface area (Å²) in [5.74, 6) is 0.205. The molecule has 2 aromatic carbocycles. The zero-order valence-corrected chi connectivity index (χ0v) is 34.7. The maximum Gasteiger partial charge on any atom is 0.293 e. The molecule has 4 amide bonds. The summed E-state index contributed by atoms with van der Waals surface area (Å²) in [6.45, 7) is 7.96. The average Bonchev–Trinajstić information content (AvgIpc) is 3.49. The number of carbonyl (C=O) groups is 4. The summed E-state index contributed by atoms with van der Waals surface area (Å²) < 4.78 is 7.26. The highest BCUT2D eigenvalue weighted by molar-refractivity contribution is 6.33. The SMILES string of the molecule is CNC(=O)COc1cc2cc(Nc3nc(N4CCC(CN5CCC(c6cccc7c6C(O)N(C6CCC(=O)NC6=O)C7=O)CC5)CC4)ncc3Cl)ccc2n(C(C)C)c1=O. The van der Waals surface area contributed by atoms with Gasteiger partial charge in [-0.15, -0.1) is 0 Å². The van der Waals surface area contributed by atoms with Gasteiger partial charge in [0, 0.05) is 61.3 Å². The number of pyridine rings is 1. The van der Waals surface area contributed by atoms with Crippen LogP contribution in [0.1, 0.15) is 92.0 Å². The number of fused-ring (bicyclic) bond motifs is 2. The normalized spacial score (nSPS) is 20.5. The number of carbonyl (C=O) groups excluding carboxylic acids is 4. The average molecular weight is 840 g/mol. The molecule has 3 fully saturated rings. The van der Waals surface area contributed by atoms with Crippen LogP contribution < -0.4 is 31.1 Å². The molecular formula is C43H50ClN9O7. The molecule has 8 rings (SSSR count). The van der Waals surface area contributed by atoms with Gasteiger partial charge in [0.1, 0.15) is 11.1 Å². The summed E-state index contributed by atoms with van der Waals surface area (Å²) in [6.07, 6.45) is 4.45. The van der Waals surface area contributed by atoms with Crippen molar-refractivity contribution in [1.29, 1.82) is 0 Å². The molecule has 0 spiro atoms. The number of benzene rings is 2. The van der Waals surface area contributed by atoms with Crippen LogP contribution in [0.5, 0.6) is 5.75 Å². The van der Waals surface area contributed by atoms with E-state index >= 15 is 0 Å². The predicted molar refractivity (Wildman–Crippen MR) is 226 cm³/mol. The first-order valence-corrected chi connectivity index (χ1v) is 21.0. The van der Waals surface area contributed by atoms with Crippen molar-refractivity contribution in [3.63, 3.8) is 0 Å². The molecule has 2 atom stereocenters. The van der Waals surface area contributed by atoms with Gasteiger partial charge in [-0.1, -0.05) is 23.7 Å². The van der Waals surface area contributed by atoms with Crippen molar-refractivity contribution < 1.29 is 29.0 Å². The van der Waals surface area contributed by atoms with Gasteiger partial charge in [-0.3, -0.25) is 34.2 Å². The van der Waals surface area contributed by atoms with Gasteiger partial charge in [0.15, 0.2) is 24.4 Å². The van der Waals surface area contributed by atoms with E-state index in [2.05, 4.69) is 30.7 Å². The summed E-state index contributed by atoms with van der Waals surface area (Å²) in [4.78, 5) is 78.2. The number of piperidine rings is 3. The number of likely N-dealkylation sites (N-methyl/N-ethyl adjacent to an activating group) is 1. The lowest BCUT2D eigenvalue weighted by molar-refractivity contribution is -0.139. The Morgan fingerprint density at radius 1 is 1.02 bits per heavy atom. The zero-order valence-electron chi connectivity index (χ0n) is 33.9. The molecule has 4 aliphatic heterocycles. The van der Waals surface area contributed by atoms with Crippen molar-refractivity contribution in [1.82, 2.24) is 35.0 Å². The second-order valence-corrected chi connectivity index (χ2v) is 16.8. The summed E-state index contributed by atoms with van der Waals surface area (Å²) in [5.41, 5.74) is 3.11. The highest BCUT2D eigenvalue weighted by Gasteiger charge is 2.46. The number of anilines is 3. The number of amides is 4. The smallest absolute Gasteiger partial charge is 0.293 e. The standard InChI is InChI=1S/C43H50ClN9O7/c1-24(2)52-32-8-7-28(19-27(32)20-34(41(52)58)60-23-36(55)45-3)47-38-31(44)21-46-43(49-38)51-17-11-25(12-18-51)22-50-15-13-26(14-16-50)29-5-4-6-30-37(29)42(59)53(40(30)57)33-9-10-35(54)48-39(33)56/h4-8,19-21,24-26,33,42,59H,9-18,22-23H2,1-3H3,(H,45,55)(H,46,47,49)(H,48,54,56). The zero-order chi connectivity index (χ0) is 42.2. The minimum atomic E-state index is -1.23. The molecule has 0 saturated carbocycles. The molecule has 3 saturated heterocycles. The van der Waals surface area contributed by atoms with E-state index < -0.39 is 18.2 Å². The fourth-order valence-corrected chi connectivity index (χ4v) is 9.27. The molecule has 2 aromatic heterocycles. The first kappa shape index (κ1) is 41.2. The van der Waals surface area contributed by atoms with E-state index in [9.17, 15) is 29.1 Å². The summed E-state index contributed by atoms with van der Waals surface area (Å²) in [6, 6.07) is 11.8. The van der Waals surface area contributed by atoms with Crippen molar-refractivity contribution in [3.8, 4) is 5.75 Å². The Kier molecular flexibility index (Phi) is 11.8. The van der Waals surface area contributed by atoms with E-state index in [0.29, 0.717) is 39.5 Å². The van der Waals surface area contributed by atoms with E-state index in [1.165, 1.54) is 11.9 Å². The van der Waals surface area contributed by atoms with Crippen molar-refractivity contribution in [3.05, 3.63) is 80.7 Å². The molecule has 316 valence electrons. The van der Waals surface area contributed by atoms with Crippen molar-refractivity contribution in [2.45, 2.75) is 76.6 Å². The Balaban J connectivity index is 0.870. The number of hydrogen-bond donors (Lipinski definition) is 4. The van der Waals surface area contributed by atoms with Crippen LogP contribution in [-0.2, 0) is 14.4 Å². The number of aliphatic hydroxyl groups excluding tert-OH is 1. The number of imide groups is 1. The fourth-order valence-electron chi connectivity index (χ4n) is 9.13. The van der Waals surface area contributed by atoms with Gasteiger partial charge in [0.2, 0.25) is 17.8 Å². The van der Waals surface area contributed by atoms with Gasteiger partial charge >= 0.3 is 0 Å². The van der Waals surface area contributed by atoms with E-state index in [1.807, 2.05) is 44.2 Å². The van der Waals surface area contributed by atoms with E-state index in [1.54, 1.807) is 22.9 Å². The third kappa shape index (κ3) is 8.15. The number of nitrogens with one attached hydrogen (secondary N) is 3. The molecule has 4 N–H and O–H groups in total. The second-order valence-electron chi connectivity index (χ2n) is 16.4. The minimum absolute atomic E-state index is 0.0864. The monoisotopic (exact) mass is 839 g/mol. The Labute approximate surface area is 352 Å². The molecule has 4 aromatic rings. The van der Waals surface area contributed by atoms with E-state index in [4.69, 9.17) is 21.3 Å². The summed E-state index contributed by atoms with van der Waals surface area (Å²) in [7, 11) is 1.51. The van der Waals surface area contributed by atoms with Crippen molar-refractivity contribution >= 4 is 63.6 Å². The number of hydrogen-bond acceptors (Lipinski definition) is 12. The van der Waals surface area contributed by atoms with Gasteiger partial charge in [-0.25, -0.2) is 4.98 Å². The Morgan fingerprint density at radius 3 is 2.50 bits per heavy atom. The maximum absolute atomic E-state index is 13.4. The van der Waals surface area contributed by atoms with Gasteiger partial charge in [-0.2, -0.15) is 4.98 Å². The van der Waals surface area contributed by atoms with Crippen LogP contribution in [0, 0.1) is 5.92 Å². The Hall–Kier alpha value is -5.58. The number of ether oxygens (including phenoxy) is 1. The quantitative estimate of drug-likeness (QED) is 0.158. The van der Waals surface area contributed by atoms with Crippen LogP contribution in [-0.4, -0.2) is 105 Å². The molecule has 0 radical (unpaired) electrons. The number of aliphatic hydroxyl groups is 1. The highest BCUT2D eigenvalue weighted by Crippen LogP contribution is 2.42. The molecule has 4 aliphatic rings. The number of aromatic nitrogens is 3. The molecule has 16 nitrogen and oxygen atoms in total. The third-order valence-corrected chi connectivity index (χ3v) is 12.5. The topological polar surface area (TPSA) is 191 Å². The van der Waals surface area contributed by atoms with Crippen LogP contribution in [0.3, 0.4) is 0 Å². The molecule has 0 bridgehead atoms. The molecule has 17 heteroatoms. The Bertz CT molecular complexity index is 2390. The van der Waals surface area contributed by atoms with Gasteiger partial charge in [-0.05, 0) is 107 Å². The summed E-state index contributed by atoms with van der Waals surface area (Å²) >= 11 is 6.60. The van der Waals surface area contributed by atoms with Gasteiger partial charge in [0.05, 0.1) is 11.7 Å². The van der Waals surface area contributed by atoms with Gasteiger partial charge in [0.25, 0.3) is 17.4 Å². The first-order chi connectivity index (χ1) is 28.9. The number of rotatable bonds is 11. The summed E-state index contributed by atoms with van der Waals surface area (Å²) in [5, 5.41) is 20.7. The lowest BCUT2D eigenvalue weighted by Crippen LogP contribution is -2.53. The predicted octanol–water partition coefficient (Wildman–Crippen LogP) is 4.24. The van der Waals surface area contributed by atoms with Crippen LogP contribution in [0.25, 0.3) is 10.9 Å². The first-order valence-electron chi connectivity index (χ1n) is 20.7. The molecule has 60 heavy (non-hydrogen) atoms. The lowest BCUT2D eigenvalue weighted by atomic mass is 9.84. The largest absolute Gasteiger partial charge is 0.478 e. The van der Waals surface area contributed by atoms with Crippen molar-refractivity contribution in [2.24, 2.45) is 5.92 Å². The molecular weight excluding hydrogens is 790 g/mol. The second kappa shape index (κ2) is 17.2. The fraction of sp³-hybridized carbons (Fsp3) is 0.465. The minimum Gasteiger partial charge on any atom is -0.478 e. The van der Waals surface area contributed by atoms with E-state index in [-0.39, 0.29) is 60.4 Å². The number of nitrogens with zero attached hydrogens (tertiary/aromatic N) is 6. The molecule has 2 unspecified atom stereocenters. The highest BCUT2D eigenvalue weighted by atomic mass is 35.5. The van der Waals surface area contributed by atoms with Gasteiger partial charge < -0.3 is 34.8 Å². The maximum atomic E-state index is 13.4. The van der Waals surface area contributed by atoms with Crippen LogP contribution >= 0.6 is 11.6 Å². The lowest BCUT2D eigenvalue weighted by Gasteiger charge is -2.38.